The molecule has 148 valence electrons. The summed E-state index contributed by atoms with van der Waals surface area (Å²) in [5.41, 5.74) is 2.76. The van der Waals surface area contributed by atoms with E-state index >= 15 is 0 Å². The predicted molar refractivity (Wildman–Crippen MR) is 111 cm³/mol. The zero-order chi connectivity index (χ0) is 19.8. The van der Waals surface area contributed by atoms with Crippen LogP contribution < -0.4 is 5.32 Å². The summed E-state index contributed by atoms with van der Waals surface area (Å²) in [6.45, 7) is 0. The normalized spacial score (nSPS) is 30.3. The van der Waals surface area contributed by atoms with E-state index in [1.807, 2.05) is 30.3 Å². The maximum absolute atomic E-state index is 12.7. The fraction of sp³-hybridized carbons (Fsp3) is 0.391. The van der Waals surface area contributed by atoms with Crippen LogP contribution in [0.5, 0.6) is 0 Å². The van der Waals surface area contributed by atoms with Gasteiger partial charge in [0.25, 0.3) is 5.91 Å². The molecule has 0 spiro atoms. The van der Waals surface area contributed by atoms with E-state index in [1.165, 1.54) is 18.4 Å². The number of amides is 1. The SMILES string of the molecule is O=C(N[C@H]1[C@@H]2C[C@](O)(c3cc(Cl)cc4[nH]ncc34)C[C@@H]21)c1cccc(C2CC2)c1. The monoisotopic (exact) mass is 407 g/mol. The minimum atomic E-state index is -0.921. The number of fused-ring (bicyclic) bond motifs is 2. The lowest BCUT2D eigenvalue weighted by Crippen LogP contribution is -2.33. The van der Waals surface area contributed by atoms with Crippen LogP contribution in [0.15, 0.2) is 42.6 Å². The van der Waals surface area contributed by atoms with Crippen LogP contribution >= 0.6 is 11.6 Å². The van der Waals surface area contributed by atoms with E-state index in [-0.39, 0.29) is 11.9 Å². The Balaban J connectivity index is 1.17. The third-order valence-electron chi connectivity index (χ3n) is 7.00. The molecular weight excluding hydrogens is 386 g/mol. The van der Waals surface area contributed by atoms with Crippen molar-refractivity contribution in [1.82, 2.24) is 15.5 Å². The number of aliphatic hydroxyl groups is 1. The van der Waals surface area contributed by atoms with Gasteiger partial charge in [0, 0.05) is 22.0 Å². The zero-order valence-electron chi connectivity index (χ0n) is 15.9. The first-order valence-corrected chi connectivity index (χ1v) is 10.7. The van der Waals surface area contributed by atoms with Gasteiger partial charge in [0.15, 0.2) is 0 Å². The number of nitrogens with zero attached hydrogens (tertiary/aromatic N) is 1. The Kier molecular flexibility index (Phi) is 3.66. The van der Waals surface area contributed by atoms with Gasteiger partial charge in [-0.15, -0.1) is 0 Å². The summed E-state index contributed by atoms with van der Waals surface area (Å²) in [4.78, 5) is 12.7. The van der Waals surface area contributed by atoms with E-state index in [9.17, 15) is 9.90 Å². The third-order valence-corrected chi connectivity index (χ3v) is 7.22. The van der Waals surface area contributed by atoms with Gasteiger partial charge >= 0.3 is 0 Å². The molecule has 0 bridgehead atoms. The number of carbonyl (C=O) groups excluding carboxylic acids is 1. The fourth-order valence-corrected chi connectivity index (χ4v) is 5.50. The lowest BCUT2D eigenvalue weighted by Gasteiger charge is -2.27. The molecule has 3 aromatic rings. The Bertz CT molecular complexity index is 1120. The van der Waals surface area contributed by atoms with Crippen LogP contribution in [0.25, 0.3) is 10.9 Å². The van der Waals surface area contributed by atoms with Crippen molar-refractivity contribution in [2.75, 3.05) is 0 Å². The number of aromatic amines is 1. The summed E-state index contributed by atoms with van der Waals surface area (Å²) in [5.74, 6) is 1.24. The second kappa shape index (κ2) is 6.07. The lowest BCUT2D eigenvalue weighted by molar-refractivity contribution is 0.0293. The number of hydrogen-bond donors (Lipinski definition) is 3. The molecule has 3 saturated carbocycles. The molecule has 3 fully saturated rings. The third kappa shape index (κ3) is 2.87. The molecule has 29 heavy (non-hydrogen) atoms. The van der Waals surface area contributed by atoms with Gasteiger partial charge in [-0.25, -0.2) is 0 Å². The summed E-state index contributed by atoms with van der Waals surface area (Å²) in [6, 6.07) is 11.8. The molecule has 6 rings (SSSR count). The van der Waals surface area contributed by atoms with Gasteiger partial charge in [-0.05, 0) is 78.8 Å². The molecule has 1 heterocycles. The van der Waals surface area contributed by atoms with Crippen LogP contribution in [0.1, 0.15) is 53.1 Å². The van der Waals surface area contributed by atoms with Crippen LogP contribution in [0.4, 0.5) is 0 Å². The van der Waals surface area contributed by atoms with Gasteiger partial charge in [-0.3, -0.25) is 9.89 Å². The number of carbonyl (C=O) groups is 1. The first-order chi connectivity index (χ1) is 14.0. The molecule has 6 heteroatoms. The molecule has 1 aromatic heterocycles. The molecule has 0 aliphatic heterocycles. The summed E-state index contributed by atoms with van der Waals surface area (Å²) < 4.78 is 0. The van der Waals surface area contributed by atoms with Crippen molar-refractivity contribution in [2.24, 2.45) is 11.8 Å². The zero-order valence-corrected chi connectivity index (χ0v) is 16.6. The van der Waals surface area contributed by atoms with Crippen LogP contribution in [0, 0.1) is 11.8 Å². The molecule has 3 aliphatic carbocycles. The number of rotatable bonds is 4. The highest BCUT2D eigenvalue weighted by atomic mass is 35.5. The average molecular weight is 408 g/mol. The number of benzene rings is 2. The van der Waals surface area contributed by atoms with Gasteiger partial charge < -0.3 is 10.4 Å². The van der Waals surface area contributed by atoms with Crippen LogP contribution in [-0.2, 0) is 5.60 Å². The molecule has 3 aliphatic rings. The van der Waals surface area contributed by atoms with Crippen LogP contribution in [0.3, 0.4) is 0 Å². The van der Waals surface area contributed by atoms with Crippen molar-refractivity contribution in [3.8, 4) is 0 Å². The quantitative estimate of drug-likeness (QED) is 0.608. The maximum Gasteiger partial charge on any atom is 0.251 e. The molecule has 1 amide bonds. The Hall–Kier alpha value is -2.37. The van der Waals surface area contributed by atoms with E-state index in [1.54, 1.807) is 6.20 Å². The summed E-state index contributed by atoms with van der Waals surface area (Å²) in [5, 5.41) is 23.1. The van der Waals surface area contributed by atoms with E-state index in [2.05, 4.69) is 21.6 Å². The highest BCUT2D eigenvalue weighted by molar-refractivity contribution is 6.31. The second-order valence-corrected chi connectivity index (χ2v) is 9.39. The van der Waals surface area contributed by atoms with Crippen molar-refractivity contribution in [3.63, 3.8) is 0 Å². The smallest absolute Gasteiger partial charge is 0.251 e. The minimum Gasteiger partial charge on any atom is -0.385 e. The van der Waals surface area contributed by atoms with Crippen molar-refractivity contribution in [3.05, 3.63) is 64.3 Å². The van der Waals surface area contributed by atoms with Gasteiger partial charge in [0.1, 0.15) is 0 Å². The molecular formula is C23H22ClN3O2. The van der Waals surface area contributed by atoms with Crippen molar-refractivity contribution < 1.29 is 9.90 Å². The van der Waals surface area contributed by atoms with Gasteiger partial charge in [0.2, 0.25) is 0 Å². The van der Waals surface area contributed by atoms with Gasteiger partial charge in [0.05, 0.1) is 17.3 Å². The molecule has 0 radical (unpaired) electrons. The Morgan fingerprint density at radius 2 is 2.00 bits per heavy atom. The first kappa shape index (κ1) is 17.5. The molecule has 5 nitrogen and oxygen atoms in total. The number of hydrogen-bond acceptors (Lipinski definition) is 3. The van der Waals surface area contributed by atoms with E-state index in [0.29, 0.717) is 35.6 Å². The van der Waals surface area contributed by atoms with Gasteiger partial charge in [-0.1, -0.05) is 23.7 Å². The number of aromatic nitrogens is 2. The number of H-pyrrole nitrogens is 1. The number of halogens is 1. The average Bonchev–Trinajstić information content (AvgIpc) is 3.56. The standard InChI is InChI=1S/C23H22ClN3O2/c24-15-7-19(18-11-25-27-20(18)8-15)23(29)9-16-17(10-23)21(16)26-22(28)14-3-1-2-13(6-14)12-4-5-12/h1-3,6-8,11-12,16-17,21,29H,4-5,9-10H2,(H,25,27)(H,26,28)/t16-,17+,21+,23-. The second-order valence-electron chi connectivity index (χ2n) is 8.95. The lowest BCUT2D eigenvalue weighted by atomic mass is 9.86. The fourth-order valence-electron chi connectivity index (χ4n) is 5.29. The molecule has 2 aromatic carbocycles. The van der Waals surface area contributed by atoms with Gasteiger partial charge in [-0.2, -0.15) is 5.10 Å². The largest absolute Gasteiger partial charge is 0.385 e. The Labute approximate surface area is 173 Å². The van der Waals surface area contributed by atoms with E-state index in [4.69, 9.17) is 11.6 Å². The Morgan fingerprint density at radius 1 is 1.21 bits per heavy atom. The minimum absolute atomic E-state index is 0.00424. The van der Waals surface area contributed by atoms with E-state index < -0.39 is 5.60 Å². The summed E-state index contributed by atoms with van der Waals surface area (Å²) in [7, 11) is 0. The number of nitrogens with one attached hydrogen (secondary N) is 2. The summed E-state index contributed by atoms with van der Waals surface area (Å²) in [6.07, 6.45) is 5.46. The van der Waals surface area contributed by atoms with Crippen molar-refractivity contribution in [1.29, 1.82) is 0 Å². The molecule has 3 N–H and O–H groups in total. The molecule has 4 atom stereocenters. The maximum atomic E-state index is 12.7. The molecule has 0 saturated heterocycles. The topological polar surface area (TPSA) is 78.0 Å². The van der Waals surface area contributed by atoms with Crippen molar-refractivity contribution >= 4 is 28.4 Å². The highest BCUT2D eigenvalue weighted by Crippen LogP contribution is 2.60. The Morgan fingerprint density at radius 3 is 2.76 bits per heavy atom. The van der Waals surface area contributed by atoms with Crippen LogP contribution in [0.2, 0.25) is 5.02 Å². The van der Waals surface area contributed by atoms with Crippen molar-refractivity contribution in [2.45, 2.75) is 43.2 Å². The molecule has 0 unspecified atom stereocenters. The summed E-state index contributed by atoms with van der Waals surface area (Å²) >= 11 is 6.26. The first-order valence-electron chi connectivity index (χ1n) is 10.3. The highest BCUT2D eigenvalue weighted by Gasteiger charge is 2.62. The van der Waals surface area contributed by atoms with E-state index in [0.717, 1.165) is 22.0 Å². The predicted octanol–water partition coefficient (Wildman–Crippen LogP) is 4.12. The van der Waals surface area contributed by atoms with Crippen LogP contribution in [-0.4, -0.2) is 27.3 Å².